The lowest BCUT2D eigenvalue weighted by Gasteiger charge is -2.38. The molecule has 0 spiro atoms. The number of carbonyl (C=O) groups excluding carboxylic acids is 1. The van der Waals surface area contributed by atoms with Gasteiger partial charge in [0.05, 0.1) is 14.2 Å². The molecule has 1 aliphatic heterocycles. The summed E-state index contributed by atoms with van der Waals surface area (Å²) in [5, 5.41) is 3.05. The second-order valence-electron chi connectivity index (χ2n) is 7.23. The molecule has 1 aliphatic rings. The number of hydrogen-bond donors (Lipinski definition) is 1. The van der Waals surface area contributed by atoms with Crippen molar-refractivity contribution >= 4 is 5.91 Å². The lowest BCUT2D eigenvalue weighted by molar-refractivity contribution is 0.0486. The summed E-state index contributed by atoms with van der Waals surface area (Å²) in [6, 6.07) is 8.18. The summed E-state index contributed by atoms with van der Waals surface area (Å²) < 4.78 is 15.8. The zero-order valence-electron chi connectivity index (χ0n) is 16.9. The predicted molar refractivity (Wildman–Crippen MR) is 105 cm³/mol. The van der Waals surface area contributed by atoms with Crippen LogP contribution in [0.15, 0.2) is 24.3 Å². The van der Waals surface area contributed by atoms with Crippen LogP contribution in [0, 0.1) is 13.8 Å². The monoisotopic (exact) mass is 385 g/mol. The first-order valence-corrected chi connectivity index (χ1v) is 9.37. The van der Waals surface area contributed by atoms with E-state index in [4.69, 9.17) is 14.2 Å². The first kappa shape index (κ1) is 20.1. The Morgan fingerprint density at radius 1 is 1.07 bits per heavy atom. The molecule has 28 heavy (non-hydrogen) atoms. The van der Waals surface area contributed by atoms with Gasteiger partial charge in [-0.2, -0.15) is 9.97 Å². The third kappa shape index (κ3) is 4.42. The minimum absolute atomic E-state index is 0.0968. The molecular formula is C21H27N3O4. The normalized spacial score (nSPS) is 15.7. The number of hydrogen-bond acceptors (Lipinski definition) is 6. The number of amides is 1. The molecule has 0 bridgehead atoms. The first-order valence-electron chi connectivity index (χ1n) is 9.37. The lowest BCUT2D eigenvalue weighted by atomic mass is 9.73. The molecule has 1 fully saturated rings. The number of carbonyl (C=O) groups is 1. The Bertz CT molecular complexity index is 805. The highest BCUT2D eigenvalue weighted by molar-refractivity contribution is 5.92. The van der Waals surface area contributed by atoms with Crippen LogP contribution in [0.1, 0.15) is 40.0 Å². The highest BCUT2D eigenvalue weighted by atomic mass is 16.5. The molecule has 1 saturated heterocycles. The highest BCUT2D eigenvalue weighted by Crippen LogP contribution is 2.35. The fourth-order valence-corrected chi connectivity index (χ4v) is 3.67. The van der Waals surface area contributed by atoms with E-state index in [1.807, 2.05) is 0 Å². The lowest BCUT2D eigenvalue weighted by Crippen LogP contribution is -2.44. The minimum atomic E-state index is -0.283. The Morgan fingerprint density at radius 3 is 2.36 bits per heavy atom. The van der Waals surface area contributed by atoms with Crippen molar-refractivity contribution in [1.29, 1.82) is 0 Å². The van der Waals surface area contributed by atoms with Gasteiger partial charge in [0.25, 0.3) is 5.91 Å². The predicted octanol–water partition coefficient (Wildman–Crippen LogP) is 2.59. The smallest absolute Gasteiger partial charge is 0.320 e. The molecule has 1 aromatic heterocycles. The Morgan fingerprint density at radius 2 is 1.75 bits per heavy atom. The van der Waals surface area contributed by atoms with Crippen molar-refractivity contribution in [2.45, 2.75) is 32.1 Å². The molecule has 0 atom stereocenters. The molecule has 7 nitrogen and oxygen atoms in total. The molecule has 2 heterocycles. The standard InChI is InChI=1S/C21H27N3O4/c1-14-9-15(2)11-16(10-14)21(5-7-28-8-6-21)13-22-19(25)17-12-18(26-3)24-20(23-17)27-4/h9-12H,5-8,13H2,1-4H3,(H,22,25). The Balaban J connectivity index is 1.84. The molecule has 2 aromatic rings. The van der Waals surface area contributed by atoms with Crippen LogP contribution in [-0.2, 0) is 10.2 Å². The van der Waals surface area contributed by atoms with Crippen molar-refractivity contribution in [3.05, 3.63) is 46.6 Å². The summed E-state index contributed by atoms with van der Waals surface area (Å²) in [6.45, 7) is 6.06. The molecule has 1 aromatic carbocycles. The van der Waals surface area contributed by atoms with Crippen molar-refractivity contribution in [1.82, 2.24) is 15.3 Å². The molecule has 0 radical (unpaired) electrons. The zero-order chi connectivity index (χ0) is 20.1. The van der Waals surface area contributed by atoms with Crippen LogP contribution in [0.5, 0.6) is 11.9 Å². The van der Waals surface area contributed by atoms with Crippen molar-refractivity contribution in [3.8, 4) is 11.9 Å². The molecular weight excluding hydrogens is 358 g/mol. The molecule has 0 saturated carbocycles. The van der Waals surface area contributed by atoms with Gasteiger partial charge in [0.2, 0.25) is 5.88 Å². The molecule has 150 valence electrons. The summed E-state index contributed by atoms with van der Waals surface area (Å²) in [5.74, 6) is 0.00123. The van der Waals surface area contributed by atoms with E-state index >= 15 is 0 Å². The van der Waals surface area contributed by atoms with Crippen molar-refractivity contribution in [2.75, 3.05) is 34.0 Å². The van der Waals surface area contributed by atoms with Gasteiger partial charge in [-0.1, -0.05) is 29.3 Å². The molecule has 1 amide bonds. The van der Waals surface area contributed by atoms with E-state index in [2.05, 4.69) is 47.3 Å². The van der Waals surface area contributed by atoms with Gasteiger partial charge in [-0.3, -0.25) is 4.79 Å². The third-order valence-corrected chi connectivity index (χ3v) is 5.18. The molecule has 0 unspecified atom stereocenters. The molecule has 7 heteroatoms. The average molecular weight is 385 g/mol. The first-order chi connectivity index (χ1) is 13.5. The van der Waals surface area contributed by atoms with Gasteiger partial charge in [-0.05, 0) is 32.3 Å². The van der Waals surface area contributed by atoms with Crippen LogP contribution in [-0.4, -0.2) is 49.9 Å². The number of nitrogens with zero attached hydrogens (tertiary/aromatic N) is 2. The quantitative estimate of drug-likeness (QED) is 0.823. The van der Waals surface area contributed by atoms with E-state index in [-0.39, 0.29) is 28.9 Å². The number of aromatic nitrogens is 2. The summed E-state index contributed by atoms with van der Waals surface area (Å²) in [7, 11) is 2.94. The number of rotatable bonds is 6. The third-order valence-electron chi connectivity index (χ3n) is 5.18. The Labute approximate surface area is 165 Å². The highest BCUT2D eigenvalue weighted by Gasteiger charge is 2.35. The van der Waals surface area contributed by atoms with E-state index in [9.17, 15) is 4.79 Å². The summed E-state index contributed by atoms with van der Waals surface area (Å²) in [6.07, 6.45) is 1.71. The van der Waals surface area contributed by atoms with Gasteiger partial charge in [-0.15, -0.1) is 0 Å². The van der Waals surface area contributed by atoms with E-state index < -0.39 is 0 Å². The van der Waals surface area contributed by atoms with Crippen molar-refractivity contribution in [3.63, 3.8) is 0 Å². The Kier molecular flexibility index (Phi) is 6.14. The number of nitrogens with one attached hydrogen (secondary N) is 1. The van der Waals surface area contributed by atoms with Crippen LogP contribution in [0.3, 0.4) is 0 Å². The van der Waals surface area contributed by atoms with Crippen molar-refractivity contribution < 1.29 is 19.0 Å². The van der Waals surface area contributed by atoms with Crippen LogP contribution in [0.25, 0.3) is 0 Å². The van der Waals surface area contributed by atoms with Gasteiger partial charge in [-0.25, -0.2) is 0 Å². The second kappa shape index (κ2) is 8.56. The fourth-order valence-electron chi connectivity index (χ4n) is 3.67. The maximum absolute atomic E-state index is 12.8. The second-order valence-corrected chi connectivity index (χ2v) is 7.23. The van der Waals surface area contributed by atoms with Gasteiger partial charge in [0.15, 0.2) is 0 Å². The molecule has 3 rings (SSSR count). The van der Waals surface area contributed by atoms with Gasteiger partial charge < -0.3 is 19.5 Å². The van der Waals surface area contributed by atoms with Crippen LogP contribution in [0.4, 0.5) is 0 Å². The largest absolute Gasteiger partial charge is 0.481 e. The number of benzene rings is 1. The topological polar surface area (TPSA) is 82.6 Å². The summed E-state index contributed by atoms with van der Waals surface area (Å²) >= 11 is 0. The maximum atomic E-state index is 12.8. The number of aryl methyl sites for hydroxylation is 2. The minimum Gasteiger partial charge on any atom is -0.481 e. The van der Waals surface area contributed by atoms with Crippen LogP contribution >= 0.6 is 0 Å². The number of ether oxygens (including phenoxy) is 3. The van der Waals surface area contributed by atoms with Gasteiger partial charge >= 0.3 is 6.01 Å². The Hall–Kier alpha value is -2.67. The van der Waals surface area contributed by atoms with Crippen LogP contribution in [0.2, 0.25) is 0 Å². The summed E-state index contributed by atoms with van der Waals surface area (Å²) in [4.78, 5) is 21.0. The molecule has 1 N–H and O–H groups in total. The molecule has 0 aliphatic carbocycles. The maximum Gasteiger partial charge on any atom is 0.320 e. The van der Waals surface area contributed by atoms with Gasteiger partial charge in [0, 0.05) is 31.2 Å². The van der Waals surface area contributed by atoms with E-state index in [1.54, 1.807) is 0 Å². The van der Waals surface area contributed by atoms with Crippen LogP contribution < -0.4 is 14.8 Å². The zero-order valence-corrected chi connectivity index (χ0v) is 16.9. The van der Waals surface area contributed by atoms with E-state index in [0.717, 1.165) is 12.8 Å². The van der Waals surface area contributed by atoms with E-state index in [1.165, 1.54) is 37.0 Å². The van der Waals surface area contributed by atoms with E-state index in [0.29, 0.717) is 19.8 Å². The van der Waals surface area contributed by atoms with Gasteiger partial charge in [0.1, 0.15) is 5.69 Å². The SMILES string of the molecule is COc1cc(C(=O)NCC2(c3cc(C)cc(C)c3)CCOCC2)nc(OC)n1. The van der Waals surface area contributed by atoms with Crippen molar-refractivity contribution in [2.24, 2.45) is 0 Å². The summed E-state index contributed by atoms with van der Waals surface area (Å²) in [5.41, 5.74) is 3.74. The average Bonchev–Trinajstić information content (AvgIpc) is 2.71. The fraction of sp³-hybridized carbons (Fsp3) is 0.476. The number of methoxy groups -OCH3 is 2.